The third-order valence-electron chi connectivity index (χ3n) is 3.56. The van der Waals surface area contributed by atoms with Crippen molar-refractivity contribution in [2.75, 3.05) is 26.2 Å². The van der Waals surface area contributed by atoms with E-state index in [1.807, 2.05) is 0 Å². The number of piperidine rings is 1. The van der Waals surface area contributed by atoms with Crippen LogP contribution in [0.2, 0.25) is 0 Å². The molecule has 1 fully saturated rings. The van der Waals surface area contributed by atoms with Gasteiger partial charge in [0.25, 0.3) is 0 Å². The number of benzene rings is 1. The number of hydrogen-bond acceptors (Lipinski definition) is 3. The molecule has 0 bridgehead atoms. The van der Waals surface area contributed by atoms with Gasteiger partial charge in [0.1, 0.15) is 0 Å². The van der Waals surface area contributed by atoms with Crippen LogP contribution in [0.25, 0.3) is 0 Å². The molecule has 0 saturated carbocycles. The summed E-state index contributed by atoms with van der Waals surface area (Å²) in [5.74, 6) is 0. The van der Waals surface area contributed by atoms with Gasteiger partial charge < -0.3 is 10.5 Å². The van der Waals surface area contributed by atoms with E-state index in [4.69, 9.17) is 10.5 Å². The van der Waals surface area contributed by atoms with Crippen LogP contribution in [0, 0.1) is 0 Å². The fourth-order valence-electron chi connectivity index (χ4n) is 2.42. The second kappa shape index (κ2) is 8.00. The second-order valence-corrected chi connectivity index (χ2v) is 6.03. The molecule has 2 N–H and O–H groups in total. The molecule has 0 aliphatic carbocycles. The van der Waals surface area contributed by atoms with E-state index in [1.54, 1.807) is 0 Å². The molecule has 4 heteroatoms. The van der Waals surface area contributed by atoms with Gasteiger partial charge in [-0.05, 0) is 43.5 Å². The maximum Gasteiger partial charge on any atom is 0.0599 e. The molecule has 1 saturated heterocycles. The van der Waals surface area contributed by atoms with E-state index < -0.39 is 0 Å². The predicted octanol–water partition coefficient (Wildman–Crippen LogP) is 2.78. The fourth-order valence-corrected chi connectivity index (χ4v) is 2.68. The van der Waals surface area contributed by atoms with Gasteiger partial charge in [0, 0.05) is 30.7 Å². The van der Waals surface area contributed by atoms with Gasteiger partial charge in [-0.2, -0.15) is 0 Å². The highest BCUT2D eigenvalue weighted by molar-refractivity contribution is 9.10. The van der Waals surface area contributed by atoms with Crippen molar-refractivity contribution in [1.29, 1.82) is 0 Å². The molecule has 0 radical (unpaired) electrons. The minimum absolute atomic E-state index is 0.438. The van der Waals surface area contributed by atoms with Crippen LogP contribution in [0.1, 0.15) is 24.8 Å². The van der Waals surface area contributed by atoms with E-state index in [0.717, 1.165) is 56.5 Å². The molecule has 0 aromatic heterocycles. The first-order chi connectivity index (χ1) is 9.28. The molecule has 19 heavy (non-hydrogen) atoms. The first-order valence-electron chi connectivity index (χ1n) is 7.06. The maximum atomic E-state index is 5.82. The van der Waals surface area contributed by atoms with E-state index in [1.165, 1.54) is 5.56 Å². The van der Waals surface area contributed by atoms with Crippen LogP contribution in [-0.4, -0.2) is 37.2 Å². The summed E-state index contributed by atoms with van der Waals surface area (Å²) in [6.45, 7) is 4.84. The Morgan fingerprint density at radius 1 is 1.21 bits per heavy atom. The van der Waals surface area contributed by atoms with Crippen LogP contribution in [0.3, 0.4) is 0 Å². The Balaban J connectivity index is 1.69. The topological polar surface area (TPSA) is 38.5 Å². The molecule has 0 spiro atoms. The van der Waals surface area contributed by atoms with E-state index in [2.05, 4.69) is 45.1 Å². The number of ether oxygens (including phenoxy) is 1. The van der Waals surface area contributed by atoms with Crippen molar-refractivity contribution in [3.63, 3.8) is 0 Å². The minimum Gasteiger partial charge on any atom is -0.378 e. The number of nitrogens with two attached hydrogens (primary N) is 1. The zero-order valence-corrected chi connectivity index (χ0v) is 12.9. The molecule has 1 aromatic carbocycles. The third kappa shape index (κ3) is 5.22. The summed E-state index contributed by atoms with van der Waals surface area (Å²) < 4.78 is 6.97. The quantitative estimate of drug-likeness (QED) is 0.817. The third-order valence-corrected chi connectivity index (χ3v) is 4.08. The first kappa shape index (κ1) is 15.0. The lowest BCUT2D eigenvalue weighted by Crippen LogP contribution is -2.36. The Hall–Kier alpha value is -0.420. The van der Waals surface area contributed by atoms with Gasteiger partial charge >= 0.3 is 0 Å². The Morgan fingerprint density at radius 3 is 2.53 bits per heavy atom. The molecule has 0 unspecified atom stereocenters. The molecule has 106 valence electrons. The Morgan fingerprint density at radius 2 is 1.89 bits per heavy atom. The zero-order valence-electron chi connectivity index (χ0n) is 11.4. The molecule has 1 aliphatic heterocycles. The highest BCUT2D eigenvalue weighted by Gasteiger charge is 2.19. The number of nitrogens with zero attached hydrogens (tertiary/aromatic N) is 1. The molecule has 1 aromatic rings. The Bertz CT molecular complexity index is 361. The molecular weight excluding hydrogens is 304 g/mol. The molecule has 2 rings (SSSR count). The van der Waals surface area contributed by atoms with Crippen molar-refractivity contribution in [2.45, 2.75) is 31.9 Å². The SMILES string of the molecule is NCCCOC1CCN(Cc2ccc(Br)cc2)CC1. The smallest absolute Gasteiger partial charge is 0.0599 e. The molecule has 0 amide bonds. The van der Waals surface area contributed by atoms with Gasteiger partial charge in [-0.1, -0.05) is 28.1 Å². The Kier molecular flexibility index (Phi) is 6.31. The second-order valence-electron chi connectivity index (χ2n) is 5.11. The molecular formula is C15H23BrN2O. The van der Waals surface area contributed by atoms with Crippen molar-refractivity contribution in [3.8, 4) is 0 Å². The largest absolute Gasteiger partial charge is 0.378 e. The van der Waals surface area contributed by atoms with Gasteiger partial charge in [-0.3, -0.25) is 4.90 Å². The van der Waals surface area contributed by atoms with Gasteiger partial charge in [-0.15, -0.1) is 0 Å². The lowest BCUT2D eigenvalue weighted by Gasteiger charge is -2.31. The summed E-state index contributed by atoms with van der Waals surface area (Å²) in [5.41, 5.74) is 6.85. The summed E-state index contributed by atoms with van der Waals surface area (Å²) in [6, 6.07) is 8.60. The lowest BCUT2D eigenvalue weighted by molar-refractivity contribution is 0.00563. The fraction of sp³-hybridized carbons (Fsp3) is 0.600. The highest BCUT2D eigenvalue weighted by atomic mass is 79.9. The number of rotatable bonds is 6. The van der Waals surface area contributed by atoms with Gasteiger partial charge in [0.2, 0.25) is 0 Å². The van der Waals surface area contributed by atoms with Crippen molar-refractivity contribution >= 4 is 15.9 Å². The zero-order chi connectivity index (χ0) is 13.5. The standard InChI is InChI=1S/C15H23BrN2O/c16-14-4-2-13(3-5-14)12-18-9-6-15(7-10-18)19-11-1-8-17/h2-5,15H,1,6-12,17H2. The van der Waals surface area contributed by atoms with Crippen molar-refractivity contribution in [1.82, 2.24) is 4.90 Å². The van der Waals surface area contributed by atoms with Gasteiger partial charge in [0.05, 0.1) is 6.10 Å². The predicted molar refractivity (Wildman–Crippen MR) is 82.1 cm³/mol. The summed E-state index contributed by atoms with van der Waals surface area (Å²) in [4.78, 5) is 2.51. The summed E-state index contributed by atoms with van der Waals surface area (Å²) in [5, 5.41) is 0. The average molecular weight is 327 g/mol. The first-order valence-corrected chi connectivity index (χ1v) is 7.85. The number of hydrogen-bond donors (Lipinski definition) is 1. The van der Waals surface area contributed by atoms with Crippen LogP contribution in [-0.2, 0) is 11.3 Å². The summed E-state index contributed by atoms with van der Waals surface area (Å²) in [6.07, 6.45) is 3.69. The van der Waals surface area contributed by atoms with Crippen LogP contribution in [0.5, 0.6) is 0 Å². The van der Waals surface area contributed by atoms with Crippen molar-refractivity contribution < 1.29 is 4.74 Å². The van der Waals surface area contributed by atoms with E-state index in [9.17, 15) is 0 Å². The van der Waals surface area contributed by atoms with E-state index >= 15 is 0 Å². The monoisotopic (exact) mass is 326 g/mol. The van der Waals surface area contributed by atoms with Gasteiger partial charge in [0.15, 0.2) is 0 Å². The highest BCUT2D eigenvalue weighted by Crippen LogP contribution is 2.17. The normalized spacial score (nSPS) is 17.8. The van der Waals surface area contributed by atoms with Crippen LogP contribution < -0.4 is 5.73 Å². The molecule has 3 nitrogen and oxygen atoms in total. The molecule has 0 atom stereocenters. The van der Waals surface area contributed by atoms with Gasteiger partial charge in [-0.25, -0.2) is 0 Å². The number of likely N-dealkylation sites (tertiary alicyclic amines) is 1. The summed E-state index contributed by atoms with van der Waals surface area (Å²) >= 11 is 3.47. The minimum atomic E-state index is 0.438. The van der Waals surface area contributed by atoms with Crippen LogP contribution in [0.15, 0.2) is 28.7 Å². The average Bonchev–Trinajstić information content (AvgIpc) is 2.44. The van der Waals surface area contributed by atoms with Crippen molar-refractivity contribution in [2.24, 2.45) is 5.73 Å². The van der Waals surface area contributed by atoms with Crippen LogP contribution >= 0.6 is 15.9 Å². The summed E-state index contributed by atoms with van der Waals surface area (Å²) in [7, 11) is 0. The van der Waals surface area contributed by atoms with E-state index in [-0.39, 0.29) is 0 Å². The maximum absolute atomic E-state index is 5.82. The van der Waals surface area contributed by atoms with Crippen molar-refractivity contribution in [3.05, 3.63) is 34.3 Å². The molecule has 1 aliphatic rings. The van der Waals surface area contributed by atoms with E-state index in [0.29, 0.717) is 6.10 Å². The Labute approximate surface area is 124 Å². The lowest BCUT2D eigenvalue weighted by atomic mass is 10.1. The number of halogens is 1. The van der Waals surface area contributed by atoms with Crippen LogP contribution in [0.4, 0.5) is 0 Å². The molecule has 1 heterocycles.